The number of hydrogen-bond donors (Lipinski definition) is 1. The number of methoxy groups -OCH3 is 1. The molecule has 17 heavy (non-hydrogen) atoms. The van der Waals surface area contributed by atoms with E-state index in [-0.39, 0.29) is 11.4 Å². The summed E-state index contributed by atoms with van der Waals surface area (Å²) in [6.07, 6.45) is 2.16. The number of hydrogen-bond acceptors (Lipinski definition) is 4. The van der Waals surface area contributed by atoms with Crippen molar-refractivity contribution in [3.8, 4) is 5.75 Å². The van der Waals surface area contributed by atoms with Gasteiger partial charge in [-0.2, -0.15) is 0 Å². The van der Waals surface area contributed by atoms with Crippen LogP contribution in [0.4, 0.5) is 5.69 Å². The zero-order valence-corrected chi connectivity index (χ0v) is 10.3. The highest BCUT2D eigenvalue weighted by molar-refractivity contribution is 9.10. The van der Waals surface area contributed by atoms with Gasteiger partial charge in [-0.1, -0.05) is 15.9 Å². The first-order valence-corrected chi connectivity index (χ1v) is 5.18. The highest BCUT2D eigenvalue weighted by Gasteiger charge is 2.17. The zero-order valence-electron chi connectivity index (χ0n) is 8.71. The number of carbonyl (C=O) groups is 1. The maximum absolute atomic E-state index is 10.8. The molecule has 0 aromatic heterocycles. The molecule has 0 aliphatic carbocycles. The monoisotopic (exact) mass is 301 g/mol. The number of aliphatic carboxylic acids is 1. The van der Waals surface area contributed by atoms with E-state index in [4.69, 9.17) is 9.84 Å². The predicted octanol–water partition coefficient (Wildman–Crippen LogP) is 2.46. The molecule has 0 atom stereocenters. The summed E-state index contributed by atoms with van der Waals surface area (Å²) >= 11 is 3.17. The maximum atomic E-state index is 10.8. The Morgan fingerprint density at radius 1 is 1.59 bits per heavy atom. The average molecular weight is 302 g/mol. The van der Waals surface area contributed by atoms with Crippen LogP contribution < -0.4 is 4.74 Å². The van der Waals surface area contributed by atoms with Gasteiger partial charge in [0.25, 0.3) is 0 Å². The lowest BCUT2D eigenvalue weighted by Gasteiger charge is -2.04. The fraction of sp³-hybridized carbons (Fsp3) is 0.100. The van der Waals surface area contributed by atoms with E-state index in [1.165, 1.54) is 25.3 Å². The molecule has 0 amide bonds. The maximum Gasteiger partial charge on any atom is 0.328 e. The van der Waals surface area contributed by atoms with Crippen molar-refractivity contribution in [3.63, 3.8) is 0 Å². The molecular weight excluding hydrogens is 294 g/mol. The number of nitrogens with zero attached hydrogens (tertiary/aromatic N) is 1. The van der Waals surface area contributed by atoms with Gasteiger partial charge >= 0.3 is 11.7 Å². The summed E-state index contributed by atoms with van der Waals surface area (Å²) in [5.41, 5.74) is 0.167. The molecule has 1 aromatic carbocycles. The van der Waals surface area contributed by atoms with Crippen molar-refractivity contribution in [1.82, 2.24) is 0 Å². The number of nitro benzene ring substituents is 1. The molecule has 1 aromatic rings. The normalized spacial score (nSPS) is 10.5. The predicted molar refractivity (Wildman–Crippen MR) is 64.0 cm³/mol. The van der Waals surface area contributed by atoms with Crippen LogP contribution in [0.1, 0.15) is 5.56 Å². The first-order chi connectivity index (χ1) is 7.95. The van der Waals surface area contributed by atoms with Crippen LogP contribution in [0.15, 0.2) is 22.7 Å². The van der Waals surface area contributed by atoms with Crippen molar-refractivity contribution < 1.29 is 19.6 Å². The number of carboxylic acid groups (broad SMARTS) is 1. The van der Waals surface area contributed by atoms with Gasteiger partial charge in [0.1, 0.15) is 0 Å². The number of rotatable bonds is 4. The second-order valence-electron chi connectivity index (χ2n) is 2.97. The van der Waals surface area contributed by atoms with Crippen molar-refractivity contribution in [1.29, 1.82) is 0 Å². The van der Waals surface area contributed by atoms with Gasteiger partial charge in [0.05, 0.1) is 12.0 Å². The quantitative estimate of drug-likeness (QED) is 0.524. The fourth-order valence-corrected chi connectivity index (χ4v) is 1.61. The Morgan fingerprint density at radius 2 is 2.24 bits per heavy atom. The summed E-state index contributed by atoms with van der Waals surface area (Å²) in [5, 5.41) is 19.2. The van der Waals surface area contributed by atoms with Gasteiger partial charge in [0.2, 0.25) is 0 Å². The number of ether oxygens (including phenoxy) is 1. The lowest BCUT2D eigenvalue weighted by Crippen LogP contribution is -1.95. The van der Waals surface area contributed by atoms with Gasteiger partial charge in [-0.15, -0.1) is 0 Å². The third kappa shape index (κ3) is 3.28. The minimum atomic E-state index is -1.13. The molecule has 0 fully saturated rings. The number of carboxylic acids is 1. The minimum Gasteiger partial charge on any atom is -0.490 e. The molecule has 1 N–H and O–H groups in total. The molecule has 6 nitrogen and oxygen atoms in total. The molecule has 0 spiro atoms. The first kappa shape index (κ1) is 13.2. The molecule has 0 bridgehead atoms. The smallest absolute Gasteiger partial charge is 0.328 e. The highest BCUT2D eigenvalue weighted by Crippen LogP contribution is 2.33. The summed E-state index contributed by atoms with van der Waals surface area (Å²) in [6, 6.07) is 2.65. The van der Waals surface area contributed by atoms with Crippen LogP contribution in [-0.4, -0.2) is 23.1 Å². The van der Waals surface area contributed by atoms with Crippen molar-refractivity contribution in [2.75, 3.05) is 7.11 Å². The SMILES string of the molecule is COc1cc(Br)c(/C=C/C(=O)O)cc1[N+](=O)[O-]. The summed E-state index contributed by atoms with van der Waals surface area (Å²) in [6.45, 7) is 0. The van der Waals surface area contributed by atoms with E-state index in [0.29, 0.717) is 10.0 Å². The summed E-state index contributed by atoms with van der Waals surface area (Å²) in [7, 11) is 1.32. The van der Waals surface area contributed by atoms with E-state index in [1.54, 1.807) is 0 Å². The Balaban J connectivity index is 3.29. The Kier molecular flexibility index (Phi) is 4.22. The van der Waals surface area contributed by atoms with Gasteiger partial charge in [-0.25, -0.2) is 4.79 Å². The highest BCUT2D eigenvalue weighted by atomic mass is 79.9. The van der Waals surface area contributed by atoms with Crippen LogP contribution in [0, 0.1) is 10.1 Å². The Bertz CT molecular complexity index is 498. The molecule has 7 heteroatoms. The lowest BCUT2D eigenvalue weighted by molar-refractivity contribution is -0.385. The molecule has 0 heterocycles. The van der Waals surface area contributed by atoms with E-state index in [2.05, 4.69) is 15.9 Å². The third-order valence-corrected chi connectivity index (χ3v) is 2.59. The van der Waals surface area contributed by atoms with Crippen LogP contribution in [0.25, 0.3) is 6.08 Å². The van der Waals surface area contributed by atoms with Crippen molar-refractivity contribution in [2.45, 2.75) is 0 Å². The molecule has 0 unspecified atom stereocenters. The minimum absolute atomic E-state index is 0.106. The number of nitro groups is 1. The van der Waals surface area contributed by atoms with E-state index in [9.17, 15) is 14.9 Å². The molecule has 90 valence electrons. The second-order valence-corrected chi connectivity index (χ2v) is 3.83. The summed E-state index contributed by atoms with van der Waals surface area (Å²) in [4.78, 5) is 20.5. The van der Waals surface area contributed by atoms with E-state index < -0.39 is 10.9 Å². The van der Waals surface area contributed by atoms with Crippen LogP contribution >= 0.6 is 15.9 Å². The molecular formula is C10H8BrNO5. The molecule has 0 aliphatic rings. The van der Waals surface area contributed by atoms with Crippen LogP contribution in [0.2, 0.25) is 0 Å². The number of halogens is 1. The van der Waals surface area contributed by atoms with E-state index >= 15 is 0 Å². The van der Waals surface area contributed by atoms with Crippen molar-refractivity contribution >= 4 is 33.7 Å². The van der Waals surface area contributed by atoms with Gasteiger partial charge in [0.15, 0.2) is 5.75 Å². The topological polar surface area (TPSA) is 89.7 Å². The lowest BCUT2D eigenvalue weighted by atomic mass is 10.1. The zero-order chi connectivity index (χ0) is 13.0. The Hall–Kier alpha value is -1.89. The standard InChI is InChI=1S/C10H8BrNO5/c1-17-9-5-7(11)6(2-3-10(13)14)4-8(9)12(15)16/h2-5H,1H3,(H,13,14)/b3-2+. The largest absolute Gasteiger partial charge is 0.490 e. The van der Waals surface area contributed by atoms with Gasteiger partial charge in [-0.05, 0) is 11.6 Å². The molecule has 0 radical (unpaired) electrons. The molecule has 1 rings (SSSR count). The van der Waals surface area contributed by atoms with Crippen LogP contribution in [0.5, 0.6) is 5.75 Å². The molecule has 0 aliphatic heterocycles. The van der Waals surface area contributed by atoms with E-state index in [1.807, 2.05) is 0 Å². The Morgan fingerprint density at radius 3 is 2.71 bits per heavy atom. The second kappa shape index (κ2) is 5.44. The third-order valence-electron chi connectivity index (χ3n) is 1.90. The molecule has 0 saturated carbocycles. The van der Waals surface area contributed by atoms with Crippen molar-refractivity contribution in [3.05, 3.63) is 38.4 Å². The summed E-state index contributed by atoms with van der Waals surface area (Å²) in [5.74, 6) is -1.02. The Labute approximate surface area is 105 Å². The van der Waals surface area contributed by atoms with E-state index in [0.717, 1.165) is 6.08 Å². The first-order valence-electron chi connectivity index (χ1n) is 4.38. The van der Waals surface area contributed by atoms with Gasteiger partial charge in [0, 0.05) is 22.7 Å². The van der Waals surface area contributed by atoms with Crippen LogP contribution in [0.3, 0.4) is 0 Å². The number of benzene rings is 1. The van der Waals surface area contributed by atoms with Crippen molar-refractivity contribution in [2.24, 2.45) is 0 Å². The van der Waals surface area contributed by atoms with Gasteiger partial charge in [-0.3, -0.25) is 10.1 Å². The van der Waals surface area contributed by atoms with Gasteiger partial charge < -0.3 is 9.84 Å². The van der Waals surface area contributed by atoms with Crippen LogP contribution in [-0.2, 0) is 4.79 Å². The molecule has 0 saturated heterocycles. The average Bonchev–Trinajstić information content (AvgIpc) is 2.26. The summed E-state index contributed by atoms with van der Waals surface area (Å²) < 4.78 is 5.37. The fourth-order valence-electron chi connectivity index (χ4n) is 1.15.